The standard InChI is InChI=1S/C10H21NOS/c1-5-6-10(12)7-11(3)9(2)8-13-4/h9H,5-8H2,1-4H3. The SMILES string of the molecule is CCCC(=O)CN(C)C(C)CSC. The molecule has 0 aliphatic heterocycles. The Morgan fingerprint density at radius 1 is 1.54 bits per heavy atom. The maximum absolute atomic E-state index is 11.3. The quantitative estimate of drug-likeness (QED) is 0.631. The van der Waals surface area contributed by atoms with E-state index < -0.39 is 0 Å². The average molecular weight is 203 g/mol. The highest BCUT2D eigenvalue weighted by Crippen LogP contribution is 2.04. The molecule has 0 radical (unpaired) electrons. The van der Waals surface area contributed by atoms with Crippen molar-refractivity contribution in [2.24, 2.45) is 0 Å². The van der Waals surface area contributed by atoms with Crippen LogP contribution in [0.4, 0.5) is 0 Å². The third-order valence-electron chi connectivity index (χ3n) is 2.11. The highest BCUT2D eigenvalue weighted by atomic mass is 32.2. The molecule has 0 saturated heterocycles. The molecule has 0 fully saturated rings. The Bertz CT molecular complexity index is 150. The smallest absolute Gasteiger partial charge is 0.146 e. The monoisotopic (exact) mass is 203 g/mol. The third-order valence-corrected chi connectivity index (χ3v) is 2.93. The van der Waals surface area contributed by atoms with Crippen LogP contribution in [0.5, 0.6) is 0 Å². The lowest BCUT2D eigenvalue weighted by Gasteiger charge is -2.22. The molecule has 0 aliphatic rings. The third kappa shape index (κ3) is 6.11. The maximum atomic E-state index is 11.3. The lowest BCUT2D eigenvalue weighted by Crippen LogP contribution is -2.35. The van der Waals surface area contributed by atoms with Gasteiger partial charge in [-0.3, -0.25) is 9.69 Å². The van der Waals surface area contributed by atoms with E-state index in [2.05, 4.69) is 18.1 Å². The van der Waals surface area contributed by atoms with Gasteiger partial charge in [-0.05, 0) is 26.6 Å². The number of hydrogen-bond acceptors (Lipinski definition) is 3. The number of hydrogen-bond donors (Lipinski definition) is 0. The van der Waals surface area contributed by atoms with Crippen LogP contribution >= 0.6 is 11.8 Å². The van der Waals surface area contributed by atoms with E-state index in [4.69, 9.17) is 0 Å². The van der Waals surface area contributed by atoms with Crippen LogP contribution in [0.15, 0.2) is 0 Å². The summed E-state index contributed by atoms with van der Waals surface area (Å²) >= 11 is 1.83. The van der Waals surface area contributed by atoms with Crippen molar-refractivity contribution in [1.82, 2.24) is 4.90 Å². The van der Waals surface area contributed by atoms with Gasteiger partial charge in [0.2, 0.25) is 0 Å². The second-order valence-electron chi connectivity index (χ2n) is 3.51. The predicted molar refractivity (Wildman–Crippen MR) is 60.4 cm³/mol. The fourth-order valence-electron chi connectivity index (χ4n) is 1.16. The van der Waals surface area contributed by atoms with Gasteiger partial charge in [-0.2, -0.15) is 11.8 Å². The van der Waals surface area contributed by atoms with Gasteiger partial charge >= 0.3 is 0 Å². The number of thioether (sulfide) groups is 1. The van der Waals surface area contributed by atoms with Crippen molar-refractivity contribution in [3.8, 4) is 0 Å². The molecule has 0 amide bonds. The molecule has 3 heteroatoms. The summed E-state index contributed by atoms with van der Waals surface area (Å²) in [6, 6.07) is 0.496. The van der Waals surface area contributed by atoms with E-state index in [1.807, 2.05) is 25.7 Å². The Morgan fingerprint density at radius 2 is 2.15 bits per heavy atom. The highest BCUT2D eigenvalue weighted by molar-refractivity contribution is 7.98. The summed E-state index contributed by atoms with van der Waals surface area (Å²) in [7, 11) is 2.02. The largest absolute Gasteiger partial charge is 0.298 e. The van der Waals surface area contributed by atoms with Crippen LogP contribution in [0.2, 0.25) is 0 Å². The number of carbonyl (C=O) groups excluding carboxylic acids is 1. The van der Waals surface area contributed by atoms with E-state index in [0.717, 1.165) is 18.6 Å². The van der Waals surface area contributed by atoms with Gasteiger partial charge in [-0.15, -0.1) is 0 Å². The van der Waals surface area contributed by atoms with Crippen molar-refractivity contribution in [3.05, 3.63) is 0 Å². The van der Waals surface area contributed by atoms with Crippen LogP contribution in [0.1, 0.15) is 26.7 Å². The van der Waals surface area contributed by atoms with E-state index in [1.54, 1.807) is 0 Å². The first-order valence-corrected chi connectivity index (χ1v) is 6.22. The number of Topliss-reactive ketones (excluding diaryl/α,β-unsaturated/α-hetero) is 1. The Labute approximate surface area is 86.1 Å². The summed E-state index contributed by atoms with van der Waals surface area (Å²) in [4.78, 5) is 13.4. The average Bonchev–Trinajstić information content (AvgIpc) is 2.05. The maximum Gasteiger partial charge on any atom is 0.146 e. The highest BCUT2D eigenvalue weighted by Gasteiger charge is 2.11. The van der Waals surface area contributed by atoms with E-state index in [0.29, 0.717) is 18.4 Å². The van der Waals surface area contributed by atoms with Crippen LogP contribution in [0.25, 0.3) is 0 Å². The van der Waals surface area contributed by atoms with Crippen molar-refractivity contribution in [2.75, 3.05) is 25.6 Å². The van der Waals surface area contributed by atoms with Gasteiger partial charge in [-0.1, -0.05) is 6.92 Å². The molecular formula is C10H21NOS. The number of likely N-dealkylation sites (N-methyl/N-ethyl adjacent to an activating group) is 1. The molecular weight excluding hydrogens is 182 g/mol. The molecule has 0 aromatic heterocycles. The summed E-state index contributed by atoms with van der Waals surface area (Å²) in [6.07, 6.45) is 3.78. The molecule has 0 N–H and O–H groups in total. The van der Waals surface area contributed by atoms with E-state index >= 15 is 0 Å². The number of ketones is 1. The topological polar surface area (TPSA) is 20.3 Å². The van der Waals surface area contributed by atoms with Gasteiger partial charge in [0.15, 0.2) is 0 Å². The normalized spacial score (nSPS) is 13.3. The lowest BCUT2D eigenvalue weighted by molar-refractivity contribution is -0.120. The van der Waals surface area contributed by atoms with Gasteiger partial charge < -0.3 is 0 Å². The van der Waals surface area contributed by atoms with E-state index in [9.17, 15) is 4.79 Å². The zero-order chi connectivity index (χ0) is 10.3. The van der Waals surface area contributed by atoms with Crippen LogP contribution in [-0.2, 0) is 4.79 Å². The minimum atomic E-state index is 0.359. The first-order chi connectivity index (χ1) is 6.11. The summed E-state index contributed by atoms with van der Waals surface area (Å²) in [5, 5.41) is 0. The van der Waals surface area contributed by atoms with Crippen molar-refractivity contribution < 1.29 is 4.79 Å². The number of rotatable bonds is 7. The van der Waals surface area contributed by atoms with Gasteiger partial charge in [0.05, 0.1) is 6.54 Å². The zero-order valence-electron chi connectivity index (χ0n) is 9.17. The molecule has 0 aliphatic carbocycles. The molecule has 0 bridgehead atoms. The van der Waals surface area contributed by atoms with Gasteiger partial charge in [0.25, 0.3) is 0 Å². The summed E-state index contributed by atoms with van der Waals surface area (Å²) in [6.45, 7) is 4.81. The molecule has 13 heavy (non-hydrogen) atoms. The van der Waals surface area contributed by atoms with Gasteiger partial charge in [0, 0.05) is 18.2 Å². The van der Waals surface area contributed by atoms with Crippen LogP contribution in [0, 0.1) is 0 Å². The Kier molecular flexibility index (Phi) is 7.38. The van der Waals surface area contributed by atoms with Crippen molar-refractivity contribution in [2.45, 2.75) is 32.7 Å². The Hall–Kier alpha value is -0.0200. The Morgan fingerprint density at radius 3 is 2.62 bits per heavy atom. The second-order valence-corrected chi connectivity index (χ2v) is 4.42. The number of carbonyl (C=O) groups is 1. The second kappa shape index (κ2) is 7.39. The summed E-state index contributed by atoms with van der Waals surface area (Å²) < 4.78 is 0. The van der Waals surface area contributed by atoms with E-state index in [1.165, 1.54) is 0 Å². The molecule has 0 spiro atoms. The Balaban J connectivity index is 3.71. The number of nitrogens with zero attached hydrogens (tertiary/aromatic N) is 1. The fourth-order valence-corrected chi connectivity index (χ4v) is 1.90. The van der Waals surface area contributed by atoms with Crippen molar-refractivity contribution in [1.29, 1.82) is 0 Å². The molecule has 0 aromatic carbocycles. The summed E-state index contributed by atoms with van der Waals surface area (Å²) in [5.41, 5.74) is 0. The molecule has 0 rings (SSSR count). The van der Waals surface area contributed by atoms with E-state index in [-0.39, 0.29) is 0 Å². The zero-order valence-corrected chi connectivity index (χ0v) is 9.99. The molecule has 2 nitrogen and oxygen atoms in total. The van der Waals surface area contributed by atoms with Crippen molar-refractivity contribution >= 4 is 17.5 Å². The molecule has 78 valence electrons. The lowest BCUT2D eigenvalue weighted by atomic mass is 10.2. The minimum absolute atomic E-state index is 0.359. The van der Waals surface area contributed by atoms with Gasteiger partial charge in [0.1, 0.15) is 5.78 Å². The van der Waals surface area contributed by atoms with Crippen LogP contribution in [0.3, 0.4) is 0 Å². The predicted octanol–water partition coefficient (Wildman–Crippen LogP) is 2.04. The summed E-state index contributed by atoms with van der Waals surface area (Å²) in [5.74, 6) is 1.45. The van der Waals surface area contributed by atoms with Crippen molar-refractivity contribution in [3.63, 3.8) is 0 Å². The van der Waals surface area contributed by atoms with Crippen LogP contribution in [-0.4, -0.2) is 42.3 Å². The molecule has 1 unspecified atom stereocenters. The molecule has 0 aromatic rings. The first-order valence-electron chi connectivity index (χ1n) is 4.82. The fraction of sp³-hybridized carbons (Fsp3) is 0.900. The molecule has 1 atom stereocenters. The molecule has 0 heterocycles. The minimum Gasteiger partial charge on any atom is -0.298 e. The first kappa shape index (κ1) is 13.0. The van der Waals surface area contributed by atoms with Gasteiger partial charge in [-0.25, -0.2) is 0 Å². The molecule has 0 saturated carbocycles. The van der Waals surface area contributed by atoms with Crippen LogP contribution < -0.4 is 0 Å².